The molecule has 0 aromatic heterocycles. The summed E-state index contributed by atoms with van der Waals surface area (Å²) < 4.78 is 44.6. The Morgan fingerprint density at radius 2 is 1.26 bits per heavy atom. The lowest BCUT2D eigenvalue weighted by atomic mass is 9.68. The highest BCUT2D eigenvalue weighted by Crippen LogP contribution is 2.44. The summed E-state index contributed by atoms with van der Waals surface area (Å²) in [5, 5.41) is 0. The molecular weight excluding hydrogens is 477 g/mol. The lowest BCUT2D eigenvalue weighted by Crippen LogP contribution is -2.25. The molecule has 0 aliphatic heterocycles. The number of hydrogen-bond acceptors (Lipinski definition) is 0. The maximum Gasteiger partial charge on any atom is 0.166 e. The SMILES string of the molecule is CCCCc1ccc(-c2ccc(-c3ccc(C4CCC(C5CCC(C)CC5)CC4)c(F)c3)cc2)c(F)c1F. The highest BCUT2D eigenvalue weighted by atomic mass is 19.2. The smallest absolute Gasteiger partial charge is 0.166 e. The highest BCUT2D eigenvalue weighted by molar-refractivity contribution is 5.71. The van der Waals surface area contributed by atoms with E-state index in [4.69, 9.17) is 0 Å². The summed E-state index contributed by atoms with van der Waals surface area (Å²) in [4.78, 5) is 0. The van der Waals surface area contributed by atoms with Crippen molar-refractivity contribution in [1.29, 1.82) is 0 Å². The maximum atomic E-state index is 15.3. The van der Waals surface area contributed by atoms with E-state index < -0.39 is 11.6 Å². The molecule has 0 atom stereocenters. The van der Waals surface area contributed by atoms with Gasteiger partial charge in [0.05, 0.1) is 0 Å². The van der Waals surface area contributed by atoms with Crippen LogP contribution in [0, 0.1) is 35.2 Å². The third-order valence-corrected chi connectivity index (χ3v) is 9.43. The molecule has 2 fully saturated rings. The van der Waals surface area contributed by atoms with E-state index >= 15 is 4.39 Å². The van der Waals surface area contributed by atoms with Gasteiger partial charge in [0.1, 0.15) is 5.82 Å². The van der Waals surface area contributed by atoms with Gasteiger partial charge in [-0.05, 0) is 109 Å². The molecule has 2 aliphatic carbocycles. The second-order valence-electron chi connectivity index (χ2n) is 11.9. The molecule has 0 heterocycles. The van der Waals surface area contributed by atoms with Crippen molar-refractivity contribution in [3.8, 4) is 22.3 Å². The molecule has 3 aromatic carbocycles. The molecular formula is C35H41F3. The van der Waals surface area contributed by atoms with E-state index in [0.717, 1.165) is 60.1 Å². The molecule has 0 nitrogen and oxygen atoms in total. The Hall–Kier alpha value is -2.55. The molecule has 0 amide bonds. The summed E-state index contributed by atoms with van der Waals surface area (Å²) >= 11 is 0. The average Bonchev–Trinajstić information content (AvgIpc) is 2.94. The Morgan fingerprint density at radius 1 is 0.658 bits per heavy atom. The molecule has 38 heavy (non-hydrogen) atoms. The molecule has 5 rings (SSSR count). The average molecular weight is 519 g/mol. The largest absolute Gasteiger partial charge is 0.207 e. The molecule has 0 unspecified atom stereocenters. The molecule has 2 aliphatic rings. The van der Waals surface area contributed by atoms with Crippen LogP contribution in [-0.4, -0.2) is 0 Å². The molecule has 3 heteroatoms. The zero-order valence-corrected chi connectivity index (χ0v) is 22.9. The van der Waals surface area contributed by atoms with E-state index in [1.165, 1.54) is 38.5 Å². The van der Waals surface area contributed by atoms with E-state index in [-0.39, 0.29) is 11.4 Å². The predicted octanol–water partition coefficient (Wildman–Crippen LogP) is 10.9. The maximum absolute atomic E-state index is 15.3. The standard InChI is InChI=1S/C35H41F3/c1-3-4-5-29-18-21-32(35(38)34(29)37)28-16-12-26(13-17-28)30-19-20-31(33(36)22-30)27-14-10-25(11-15-27)24-8-6-23(2)7-9-24/h12-13,16-25,27H,3-11,14-15H2,1-2H3. The second kappa shape index (κ2) is 12.1. The third kappa shape index (κ3) is 5.87. The van der Waals surface area contributed by atoms with E-state index in [2.05, 4.69) is 6.92 Å². The molecule has 202 valence electrons. The normalized spacial score (nSPS) is 23.9. The molecule has 0 saturated heterocycles. The topological polar surface area (TPSA) is 0 Å². The van der Waals surface area contributed by atoms with Crippen LogP contribution in [-0.2, 0) is 6.42 Å². The van der Waals surface area contributed by atoms with Gasteiger partial charge in [0.2, 0.25) is 0 Å². The predicted molar refractivity (Wildman–Crippen MR) is 152 cm³/mol. The Labute approximate surface area is 226 Å². The zero-order chi connectivity index (χ0) is 26.6. The molecule has 3 aromatic rings. The first kappa shape index (κ1) is 27.0. The van der Waals surface area contributed by atoms with Crippen LogP contribution < -0.4 is 0 Å². The Morgan fingerprint density at radius 3 is 1.89 bits per heavy atom. The van der Waals surface area contributed by atoms with Crippen molar-refractivity contribution in [3.05, 3.63) is 83.2 Å². The summed E-state index contributed by atoms with van der Waals surface area (Å²) in [6.07, 6.45) is 12.4. The van der Waals surface area contributed by atoms with Crippen LogP contribution in [0.2, 0.25) is 0 Å². The molecule has 2 saturated carbocycles. The van der Waals surface area contributed by atoms with Crippen molar-refractivity contribution in [1.82, 2.24) is 0 Å². The summed E-state index contributed by atoms with van der Waals surface area (Å²) in [6.45, 7) is 4.41. The zero-order valence-electron chi connectivity index (χ0n) is 22.9. The first-order chi connectivity index (χ1) is 18.4. The van der Waals surface area contributed by atoms with Crippen molar-refractivity contribution in [2.45, 2.75) is 90.4 Å². The minimum absolute atomic E-state index is 0.127. The van der Waals surface area contributed by atoms with Crippen molar-refractivity contribution >= 4 is 0 Å². The van der Waals surface area contributed by atoms with Crippen LogP contribution in [0.4, 0.5) is 13.2 Å². The van der Waals surface area contributed by atoms with Crippen LogP contribution in [0.1, 0.15) is 95.1 Å². The molecule has 0 spiro atoms. The van der Waals surface area contributed by atoms with Crippen molar-refractivity contribution in [2.24, 2.45) is 17.8 Å². The fourth-order valence-corrected chi connectivity index (χ4v) is 6.91. The Balaban J connectivity index is 1.25. The van der Waals surface area contributed by atoms with E-state index in [0.29, 0.717) is 23.5 Å². The van der Waals surface area contributed by atoms with E-state index in [9.17, 15) is 8.78 Å². The lowest BCUT2D eigenvalue weighted by molar-refractivity contribution is 0.164. The van der Waals surface area contributed by atoms with Gasteiger partial charge in [-0.2, -0.15) is 0 Å². The molecule has 0 bridgehead atoms. The highest BCUT2D eigenvalue weighted by Gasteiger charge is 2.31. The van der Waals surface area contributed by atoms with Crippen LogP contribution in [0.25, 0.3) is 22.3 Å². The van der Waals surface area contributed by atoms with Crippen LogP contribution in [0.15, 0.2) is 54.6 Å². The number of hydrogen-bond donors (Lipinski definition) is 0. The first-order valence-electron chi connectivity index (χ1n) is 14.8. The quantitative estimate of drug-likeness (QED) is 0.292. The number of rotatable bonds is 7. The van der Waals surface area contributed by atoms with E-state index in [1.54, 1.807) is 30.3 Å². The summed E-state index contributed by atoms with van der Waals surface area (Å²) in [7, 11) is 0. The van der Waals surface area contributed by atoms with Crippen molar-refractivity contribution < 1.29 is 13.2 Å². The molecule has 0 radical (unpaired) electrons. The van der Waals surface area contributed by atoms with Gasteiger partial charge in [-0.3, -0.25) is 0 Å². The summed E-state index contributed by atoms with van der Waals surface area (Å²) in [5.74, 6) is 1.23. The summed E-state index contributed by atoms with van der Waals surface area (Å²) in [5.41, 5.74) is 3.83. The fourth-order valence-electron chi connectivity index (χ4n) is 6.91. The number of benzene rings is 3. The third-order valence-electron chi connectivity index (χ3n) is 9.43. The first-order valence-corrected chi connectivity index (χ1v) is 14.8. The monoisotopic (exact) mass is 518 g/mol. The lowest BCUT2D eigenvalue weighted by Gasteiger charge is -2.37. The van der Waals surface area contributed by atoms with Gasteiger partial charge in [0.25, 0.3) is 0 Å². The number of halogens is 3. The minimum Gasteiger partial charge on any atom is -0.207 e. The summed E-state index contributed by atoms with van der Waals surface area (Å²) in [6, 6.07) is 16.3. The number of unbranched alkanes of at least 4 members (excludes halogenated alkanes) is 1. The Bertz CT molecular complexity index is 1210. The van der Waals surface area contributed by atoms with Crippen LogP contribution in [0.3, 0.4) is 0 Å². The van der Waals surface area contributed by atoms with Gasteiger partial charge in [-0.15, -0.1) is 0 Å². The van der Waals surface area contributed by atoms with Crippen molar-refractivity contribution in [2.75, 3.05) is 0 Å². The van der Waals surface area contributed by atoms with Gasteiger partial charge in [-0.1, -0.05) is 81.6 Å². The Kier molecular flexibility index (Phi) is 8.61. The second-order valence-corrected chi connectivity index (χ2v) is 11.9. The minimum atomic E-state index is -0.797. The van der Waals surface area contributed by atoms with Gasteiger partial charge >= 0.3 is 0 Å². The number of aryl methyl sites for hydroxylation is 1. The molecule has 0 N–H and O–H groups in total. The fraction of sp³-hybridized carbons (Fsp3) is 0.486. The van der Waals surface area contributed by atoms with Crippen molar-refractivity contribution in [3.63, 3.8) is 0 Å². The van der Waals surface area contributed by atoms with Gasteiger partial charge in [0, 0.05) is 5.56 Å². The van der Waals surface area contributed by atoms with Gasteiger partial charge in [0.15, 0.2) is 11.6 Å². The van der Waals surface area contributed by atoms with Gasteiger partial charge < -0.3 is 0 Å². The van der Waals surface area contributed by atoms with Gasteiger partial charge in [-0.25, -0.2) is 13.2 Å². The van der Waals surface area contributed by atoms with Crippen LogP contribution in [0.5, 0.6) is 0 Å². The van der Waals surface area contributed by atoms with E-state index in [1.807, 2.05) is 31.2 Å². The van der Waals surface area contributed by atoms with Crippen LogP contribution >= 0.6 is 0 Å².